The molecular formula is C59H49BN2OS. The molecule has 13 rings (SSSR count). The van der Waals surface area contributed by atoms with Crippen LogP contribution in [-0.2, 0) is 16.2 Å². The molecule has 5 heterocycles. The van der Waals surface area contributed by atoms with Crippen molar-refractivity contribution in [3.63, 3.8) is 0 Å². The summed E-state index contributed by atoms with van der Waals surface area (Å²) in [5.41, 5.74) is 18.6. The minimum absolute atomic E-state index is 0.00449. The molecule has 0 N–H and O–H groups in total. The average molecular weight is 845 g/mol. The van der Waals surface area contributed by atoms with Crippen LogP contribution >= 0.6 is 11.3 Å². The molecule has 2 aromatic heterocycles. The van der Waals surface area contributed by atoms with E-state index in [1.165, 1.54) is 109 Å². The lowest BCUT2D eigenvalue weighted by atomic mass is 9.43. The number of benzene rings is 8. The molecule has 0 bridgehead atoms. The molecule has 0 amide bonds. The number of para-hydroxylation sites is 1. The van der Waals surface area contributed by atoms with E-state index in [9.17, 15) is 0 Å². The van der Waals surface area contributed by atoms with Gasteiger partial charge in [0.2, 0.25) is 0 Å². The molecule has 0 aliphatic carbocycles. The van der Waals surface area contributed by atoms with Crippen LogP contribution in [0.3, 0.4) is 0 Å². The Morgan fingerprint density at radius 2 is 1.27 bits per heavy atom. The Morgan fingerprint density at radius 1 is 0.562 bits per heavy atom. The van der Waals surface area contributed by atoms with Gasteiger partial charge in [-0.05, 0) is 98.6 Å². The minimum Gasteiger partial charge on any atom is -0.457 e. The van der Waals surface area contributed by atoms with Crippen LogP contribution in [0, 0.1) is 0 Å². The number of hydrogen-bond acceptors (Lipinski definition) is 3. The summed E-state index contributed by atoms with van der Waals surface area (Å²) >= 11 is 1.94. The van der Waals surface area contributed by atoms with Crippen molar-refractivity contribution < 1.29 is 4.74 Å². The van der Waals surface area contributed by atoms with E-state index < -0.39 is 0 Å². The number of nitrogens with zero attached hydrogens (tertiary/aromatic N) is 2. The van der Waals surface area contributed by atoms with Gasteiger partial charge in [-0.15, -0.1) is 11.3 Å². The van der Waals surface area contributed by atoms with Crippen molar-refractivity contribution in [2.75, 3.05) is 4.81 Å². The van der Waals surface area contributed by atoms with Crippen molar-refractivity contribution in [1.29, 1.82) is 0 Å². The number of anilines is 2. The highest BCUT2D eigenvalue weighted by Crippen LogP contribution is 2.56. The highest BCUT2D eigenvalue weighted by Gasteiger charge is 2.47. The van der Waals surface area contributed by atoms with Gasteiger partial charge in [-0.25, -0.2) is 0 Å². The van der Waals surface area contributed by atoms with Crippen molar-refractivity contribution in [3.05, 3.63) is 174 Å². The van der Waals surface area contributed by atoms with E-state index in [4.69, 9.17) is 4.74 Å². The maximum atomic E-state index is 7.00. The smallest absolute Gasteiger partial charge is 0.333 e. The zero-order valence-electron chi connectivity index (χ0n) is 37.7. The summed E-state index contributed by atoms with van der Waals surface area (Å²) < 4.78 is 12.3. The Kier molecular flexibility index (Phi) is 7.59. The first-order valence-corrected chi connectivity index (χ1v) is 23.6. The number of rotatable bonds is 2. The third-order valence-electron chi connectivity index (χ3n) is 14.7. The molecule has 3 nitrogen and oxygen atoms in total. The SMILES string of the molecule is CC(C)(C)c1ccc2c(c1)c1cc(C(C)(C)C)cc3c1n2-c1cc2c(sc4ccccc42)c2c1B3N(c1ccc(-c3ccccc3)cc1)c1cc3c(cc1-2)C(C)(C)c1ccccc1O3. The molecule has 5 heteroatoms. The van der Waals surface area contributed by atoms with E-state index in [0.717, 1.165) is 17.2 Å². The van der Waals surface area contributed by atoms with Gasteiger partial charge in [-0.3, -0.25) is 0 Å². The Hall–Kier alpha value is -6.56. The van der Waals surface area contributed by atoms with Crippen LogP contribution < -0.4 is 20.5 Å². The normalized spacial score (nSPS) is 14.8. The summed E-state index contributed by atoms with van der Waals surface area (Å²) in [6.45, 7) is 18.7. The molecule has 310 valence electrons. The predicted molar refractivity (Wildman–Crippen MR) is 274 cm³/mol. The van der Waals surface area contributed by atoms with Crippen molar-refractivity contribution in [2.45, 2.75) is 71.6 Å². The van der Waals surface area contributed by atoms with E-state index in [1.54, 1.807) is 0 Å². The fraction of sp³-hybridized carbons (Fsp3) is 0.186. The van der Waals surface area contributed by atoms with Gasteiger partial charge in [0.15, 0.2) is 0 Å². The number of hydrogen-bond donors (Lipinski definition) is 0. The van der Waals surface area contributed by atoms with Crippen LogP contribution in [0.5, 0.6) is 11.5 Å². The summed E-state index contributed by atoms with van der Waals surface area (Å²) in [6, 6.07) is 57.4. The molecule has 10 aromatic rings. The Balaban J connectivity index is 1.21. The van der Waals surface area contributed by atoms with Crippen LogP contribution in [0.15, 0.2) is 152 Å². The van der Waals surface area contributed by atoms with E-state index in [1.807, 2.05) is 11.3 Å². The maximum Gasteiger partial charge on any atom is 0.333 e. The van der Waals surface area contributed by atoms with Crippen molar-refractivity contribution in [1.82, 2.24) is 4.57 Å². The van der Waals surface area contributed by atoms with Gasteiger partial charge in [0.25, 0.3) is 0 Å². The summed E-state index contributed by atoms with van der Waals surface area (Å²) in [4.78, 5) is 2.66. The van der Waals surface area contributed by atoms with Gasteiger partial charge in [-0.2, -0.15) is 0 Å². The monoisotopic (exact) mass is 844 g/mol. The van der Waals surface area contributed by atoms with Crippen LogP contribution in [0.1, 0.15) is 77.6 Å². The van der Waals surface area contributed by atoms with Gasteiger partial charge >= 0.3 is 6.85 Å². The van der Waals surface area contributed by atoms with E-state index >= 15 is 0 Å². The van der Waals surface area contributed by atoms with E-state index in [2.05, 4.69) is 216 Å². The molecule has 64 heavy (non-hydrogen) atoms. The highest BCUT2D eigenvalue weighted by atomic mass is 32.1. The third kappa shape index (κ3) is 5.16. The van der Waals surface area contributed by atoms with Crippen molar-refractivity contribution in [2.24, 2.45) is 0 Å². The first-order chi connectivity index (χ1) is 30.8. The standard InChI is InChI=1S/C59H49BN2OS/c1-57(2,3)36-24-27-47-40(28-36)41-29-37(58(4,5)6)30-46-55(41)61(47)49-32-42-39-18-12-15-21-52(39)64-56(42)53-43-31-45-51(63-50-20-14-13-19-44(50)59(45,7)8)33-48(43)62(60(46)54(49)53)38-25-22-35(23-26-38)34-16-10-9-11-17-34/h9-33H,1-8H3. The second-order valence-corrected chi connectivity index (χ2v) is 22.0. The zero-order valence-corrected chi connectivity index (χ0v) is 38.5. The lowest BCUT2D eigenvalue weighted by molar-refractivity contribution is 0.418. The largest absolute Gasteiger partial charge is 0.457 e. The van der Waals surface area contributed by atoms with Gasteiger partial charge in [0.05, 0.1) is 11.0 Å². The number of ether oxygens (including phenoxy) is 1. The van der Waals surface area contributed by atoms with Crippen LogP contribution in [0.4, 0.5) is 11.4 Å². The van der Waals surface area contributed by atoms with E-state index in [-0.39, 0.29) is 23.1 Å². The van der Waals surface area contributed by atoms with Gasteiger partial charge in [0, 0.05) is 81.7 Å². The van der Waals surface area contributed by atoms with E-state index in [0.29, 0.717) is 0 Å². The number of fused-ring (bicyclic) bond motifs is 13. The third-order valence-corrected chi connectivity index (χ3v) is 15.9. The lowest BCUT2D eigenvalue weighted by Gasteiger charge is -2.44. The fourth-order valence-corrected chi connectivity index (χ4v) is 12.6. The molecule has 0 radical (unpaired) electrons. The summed E-state index contributed by atoms with van der Waals surface area (Å²) in [5, 5.41) is 5.26. The van der Waals surface area contributed by atoms with Crippen LogP contribution in [0.25, 0.3) is 69.9 Å². The Morgan fingerprint density at radius 3 is 2.05 bits per heavy atom. The molecular weight excluding hydrogens is 796 g/mol. The predicted octanol–water partition coefficient (Wildman–Crippen LogP) is 15.1. The molecule has 3 aliphatic heterocycles. The topological polar surface area (TPSA) is 17.4 Å². The first-order valence-electron chi connectivity index (χ1n) is 22.8. The Labute approximate surface area is 379 Å². The molecule has 0 unspecified atom stereocenters. The fourth-order valence-electron chi connectivity index (χ4n) is 11.3. The number of thiophene rings is 1. The molecule has 0 atom stereocenters. The first kappa shape index (κ1) is 38.0. The molecule has 0 saturated carbocycles. The lowest BCUT2D eigenvalue weighted by Crippen LogP contribution is -2.60. The summed E-state index contributed by atoms with van der Waals surface area (Å²) in [7, 11) is 0. The van der Waals surface area contributed by atoms with Crippen molar-refractivity contribution in [3.8, 4) is 39.4 Å². The minimum atomic E-state index is -0.284. The van der Waals surface area contributed by atoms with Crippen LogP contribution in [0.2, 0.25) is 0 Å². The van der Waals surface area contributed by atoms with Crippen LogP contribution in [-0.4, -0.2) is 11.4 Å². The quantitative estimate of drug-likeness (QED) is 0.161. The summed E-state index contributed by atoms with van der Waals surface area (Å²) in [6.07, 6.45) is 0. The van der Waals surface area contributed by atoms with Gasteiger partial charge in [0.1, 0.15) is 11.5 Å². The average Bonchev–Trinajstić information content (AvgIpc) is 3.83. The second kappa shape index (κ2) is 12.8. The Bertz CT molecular complexity index is 3640. The van der Waals surface area contributed by atoms with Gasteiger partial charge < -0.3 is 14.1 Å². The van der Waals surface area contributed by atoms with Gasteiger partial charge in [-0.1, -0.05) is 146 Å². The number of aromatic nitrogens is 1. The molecule has 8 aromatic carbocycles. The molecule has 0 spiro atoms. The maximum absolute atomic E-state index is 7.00. The summed E-state index contributed by atoms with van der Waals surface area (Å²) in [5.74, 6) is 1.86. The highest BCUT2D eigenvalue weighted by molar-refractivity contribution is 7.26. The molecule has 0 saturated heterocycles. The second-order valence-electron chi connectivity index (χ2n) is 21.0. The molecule has 0 fully saturated rings. The zero-order chi connectivity index (χ0) is 43.6. The molecule has 3 aliphatic rings. The van der Waals surface area contributed by atoms with Crippen molar-refractivity contribution >= 4 is 82.5 Å².